The van der Waals surface area contributed by atoms with Crippen molar-refractivity contribution in [3.05, 3.63) is 57.7 Å². The molecule has 29 heteroatoms. The van der Waals surface area contributed by atoms with Crippen LogP contribution in [0.4, 0.5) is 4.79 Å². The number of hydrogen-bond donors (Lipinski definition) is 10. The number of aromatic nitrogens is 1. The Morgan fingerprint density at radius 2 is 1.64 bits per heavy atom. The van der Waals surface area contributed by atoms with Crippen molar-refractivity contribution in [2.24, 2.45) is 33.8 Å². The molecule has 28 nitrogen and oxygen atoms in total. The van der Waals surface area contributed by atoms with Gasteiger partial charge in [0.2, 0.25) is 23.6 Å². The minimum absolute atomic E-state index is 0.00246. The number of aromatic hydroxyl groups is 1. The Morgan fingerprint density at radius 1 is 0.938 bits per heavy atom. The largest absolute Gasteiger partial charge is 0.508 e. The van der Waals surface area contributed by atoms with Gasteiger partial charge in [-0.25, -0.2) is 19.5 Å². The number of esters is 2. The van der Waals surface area contributed by atoms with Gasteiger partial charge in [0.25, 0.3) is 17.7 Å². The van der Waals surface area contributed by atoms with E-state index < -0.39 is 139 Å². The van der Waals surface area contributed by atoms with E-state index in [0.29, 0.717) is 28.3 Å². The first-order chi connectivity index (χ1) is 38.3. The summed E-state index contributed by atoms with van der Waals surface area (Å²) in [6, 6.07) is -3.07. The highest BCUT2D eigenvalue weighted by molar-refractivity contribution is 7.10. The normalized spacial score (nSPS) is 19.9. The van der Waals surface area contributed by atoms with Gasteiger partial charge in [0, 0.05) is 50.7 Å². The summed E-state index contributed by atoms with van der Waals surface area (Å²) >= 11 is 1.02. The van der Waals surface area contributed by atoms with Crippen LogP contribution in [0.25, 0.3) is 0 Å². The van der Waals surface area contributed by atoms with Crippen LogP contribution >= 0.6 is 11.3 Å². The average Bonchev–Trinajstić information content (AvgIpc) is 4.37. The van der Waals surface area contributed by atoms with Crippen molar-refractivity contribution in [3.8, 4) is 5.75 Å². The number of likely N-dealkylation sites (tertiary alicyclic amines) is 2. The van der Waals surface area contributed by atoms with Crippen LogP contribution in [0, 0.1) is 5.92 Å². The molecule has 2 aromatic rings. The lowest BCUT2D eigenvalue weighted by Crippen LogP contribution is -2.55. The van der Waals surface area contributed by atoms with Crippen molar-refractivity contribution in [2.45, 2.75) is 160 Å². The first-order valence-corrected chi connectivity index (χ1v) is 27.5. The number of phenolic OH excluding ortho intramolecular Hbond substituents is 1. The van der Waals surface area contributed by atoms with E-state index >= 15 is 0 Å². The zero-order valence-electron chi connectivity index (χ0n) is 45.8. The zero-order chi connectivity index (χ0) is 59.8. The molecule has 81 heavy (non-hydrogen) atoms. The molecule has 9 amide bonds. The predicted molar refractivity (Wildman–Crippen MR) is 290 cm³/mol. The van der Waals surface area contributed by atoms with Gasteiger partial charge >= 0.3 is 23.9 Å². The maximum atomic E-state index is 14.5. The highest BCUT2D eigenvalue weighted by Gasteiger charge is 2.48. The lowest BCUT2D eigenvalue weighted by atomic mass is 9.99. The highest BCUT2D eigenvalue weighted by Crippen LogP contribution is 2.35. The molecule has 3 fully saturated rings. The number of carboxylic acid groups (broad SMARTS) is 1. The molecule has 3 saturated heterocycles. The van der Waals surface area contributed by atoms with Crippen LogP contribution < -0.4 is 44.2 Å². The Hall–Kier alpha value is -8.21. The van der Waals surface area contributed by atoms with Crippen LogP contribution in [0.3, 0.4) is 0 Å². The number of amides is 9. The summed E-state index contributed by atoms with van der Waals surface area (Å²) in [4.78, 5) is 159. The summed E-state index contributed by atoms with van der Waals surface area (Å²) in [5, 5.41) is 31.6. The third kappa shape index (κ3) is 17.4. The summed E-state index contributed by atoms with van der Waals surface area (Å²) in [5.74, 6) is -8.84. The molecule has 442 valence electrons. The van der Waals surface area contributed by atoms with Gasteiger partial charge in [-0.15, -0.1) is 11.3 Å². The Balaban J connectivity index is 1.31. The smallest absolute Gasteiger partial charge is 0.329 e. The lowest BCUT2D eigenvalue weighted by Gasteiger charge is -2.35. The van der Waals surface area contributed by atoms with Crippen LogP contribution in [-0.4, -0.2) is 169 Å². The number of aliphatic carboxylic acids is 1. The molecular formula is C52H73N13O15S. The maximum absolute atomic E-state index is 14.5. The molecule has 4 heterocycles. The standard InChI is InChI=1S/C52H73N13O15S/c1-6-35(65-49(76)33(62-52(65)78)23-28-12-14-29(66)15-13-28)45(73)58-27(5)43(71)59-31(10-8-19-57-51(55)56)48(75)63-20-9-11-36(63)46-61-34(25-81-46)44(72)60-32(16-17-39(54)67)50(77)80-38(24-40(68)69)42-37(79-41(70)7-2)18-21-64(42)47(74)30(53)22-26(3)4/h6,12-15,25-27,30-33,36-38,42,66H,7-11,16-24,53H2,1-5H3,(H2,54,67)(H,58,73)(H,59,71)(H,60,72)(H,62,78)(H,68,69)(H4,55,56,57)/b35-6-/t27-,30+,31+,32+,33+,36+,37?,38?,42?/m1/s1. The first-order valence-electron chi connectivity index (χ1n) is 26.6. The van der Waals surface area contributed by atoms with Gasteiger partial charge in [-0.05, 0) is 76.0 Å². The van der Waals surface area contributed by atoms with Gasteiger partial charge in [-0.3, -0.25) is 48.1 Å². The zero-order valence-corrected chi connectivity index (χ0v) is 46.6. The number of nitrogens with zero attached hydrogens (tertiary/aromatic N) is 5. The fourth-order valence-corrected chi connectivity index (χ4v) is 10.6. The number of hydrogen-bond acceptors (Lipinski definition) is 18. The molecule has 1 aromatic heterocycles. The fraction of sp³-hybridized carbons (Fsp3) is 0.558. The van der Waals surface area contributed by atoms with Gasteiger partial charge in [0.05, 0.1) is 18.5 Å². The SMILES string of the molecule is C/C=C(/C(=O)N[C@H](C)C(=O)N[C@@H](CCCN=C(N)N)C(=O)N1CCC[C@H]1c1nc(C(=O)N[C@@H](CCC(N)=O)C(=O)OC(CC(=O)O)C2C(OC(=O)CC)CCN2C(=O)[C@@H](N)CC(C)C)cs1)N1C(=O)N[C@@H](Cc2ccc(O)cc2)C1=O. The second kappa shape index (κ2) is 29.3. The Kier molecular flexibility index (Phi) is 23.0. The molecule has 0 saturated carbocycles. The molecule has 0 bridgehead atoms. The molecule has 3 unspecified atom stereocenters. The maximum Gasteiger partial charge on any atom is 0.329 e. The minimum atomic E-state index is -1.63. The molecule has 0 spiro atoms. The van der Waals surface area contributed by atoms with E-state index in [2.05, 4.69) is 31.2 Å². The summed E-state index contributed by atoms with van der Waals surface area (Å²) < 4.78 is 11.4. The van der Waals surface area contributed by atoms with E-state index in [1.807, 2.05) is 13.8 Å². The van der Waals surface area contributed by atoms with Crippen LogP contribution in [0.1, 0.15) is 126 Å². The number of aliphatic imine (C=N–C) groups is 1. The van der Waals surface area contributed by atoms with Crippen molar-refractivity contribution >= 4 is 82.6 Å². The van der Waals surface area contributed by atoms with E-state index in [0.717, 1.165) is 11.3 Å². The number of carbonyl (C=O) groups excluding carboxylic acids is 10. The highest BCUT2D eigenvalue weighted by atomic mass is 32.1. The number of urea groups is 1. The Labute approximate surface area is 471 Å². The monoisotopic (exact) mass is 1150 g/mol. The minimum Gasteiger partial charge on any atom is -0.508 e. The number of carbonyl (C=O) groups is 11. The third-order valence-electron chi connectivity index (χ3n) is 13.6. The van der Waals surface area contributed by atoms with Gasteiger partial charge in [0.1, 0.15) is 64.6 Å². The van der Waals surface area contributed by atoms with Gasteiger partial charge < -0.3 is 73.7 Å². The molecule has 9 atom stereocenters. The summed E-state index contributed by atoms with van der Waals surface area (Å²) in [6.07, 6.45) is -1.74. The first kappa shape index (κ1) is 63.6. The number of nitrogens with one attached hydrogen (secondary N) is 4. The van der Waals surface area contributed by atoms with E-state index in [1.54, 1.807) is 19.1 Å². The molecular weight excluding hydrogens is 1080 g/mol. The van der Waals surface area contributed by atoms with Gasteiger partial charge in [-0.2, -0.15) is 0 Å². The van der Waals surface area contributed by atoms with Crippen LogP contribution in [0.15, 0.2) is 46.4 Å². The second-order valence-electron chi connectivity index (χ2n) is 20.2. The summed E-state index contributed by atoms with van der Waals surface area (Å²) in [7, 11) is 0. The van der Waals surface area contributed by atoms with Crippen LogP contribution in [0.2, 0.25) is 0 Å². The number of carboxylic acids is 1. The van der Waals surface area contributed by atoms with Crippen LogP contribution in [-0.2, 0) is 59.0 Å². The van der Waals surface area contributed by atoms with E-state index in [1.165, 1.54) is 47.2 Å². The molecule has 3 aliphatic rings. The molecule has 14 N–H and O–H groups in total. The number of benzene rings is 1. The van der Waals surface area contributed by atoms with Crippen molar-refractivity contribution in [3.63, 3.8) is 0 Å². The molecule has 5 rings (SSSR count). The number of primary amides is 1. The number of phenols is 1. The van der Waals surface area contributed by atoms with Gasteiger partial charge in [0.15, 0.2) is 5.96 Å². The lowest BCUT2D eigenvalue weighted by molar-refractivity contribution is -0.167. The van der Waals surface area contributed by atoms with Crippen molar-refractivity contribution in [1.82, 2.24) is 41.0 Å². The Morgan fingerprint density at radius 3 is 2.27 bits per heavy atom. The summed E-state index contributed by atoms with van der Waals surface area (Å²) in [5.41, 5.74) is 22.8. The van der Waals surface area contributed by atoms with Crippen molar-refractivity contribution in [1.29, 1.82) is 0 Å². The molecule has 3 aliphatic heterocycles. The number of guanidine groups is 1. The molecule has 1 aromatic carbocycles. The predicted octanol–water partition coefficient (Wildman–Crippen LogP) is -0.331. The number of nitrogens with two attached hydrogens (primary N) is 4. The second-order valence-corrected chi connectivity index (χ2v) is 21.1. The number of ether oxygens (including phenoxy) is 2. The van der Waals surface area contributed by atoms with Crippen molar-refractivity contribution in [2.75, 3.05) is 19.6 Å². The molecule has 0 radical (unpaired) electrons. The Bertz CT molecular complexity index is 2730. The number of rotatable bonds is 28. The third-order valence-corrected chi connectivity index (χ3v) is 14.6. The molecule has 0 aliphatic carbocycles. The van der Waals surface area contributed by atoms with E-state index in [9.17, 15) is 63.0 Å². The number of imide groups is 1. The average molecular weight is 1150 g/mol. The van der Waals surface area contributed by atoms with E-state index in [-0.39, 0.29) is 87.2 Å². The van der Waals surface area contributed by atoms with Crippen LogP contribution in [0.5, 0.6) is 5.75 Å². The van der Waals surface area contributed by atoms with Crippen molar-refractivity contribution < 1.29 is 72.4 Å². The van der Waals surface area contributed by atoms with Gasteiger partial charge in [-0.1, -0.05) is 39.0 Å². The van der Waals surface area contributed by atoms with E-state index in [4.69, 9.17) is 32.4 Å². The fourth-order valence-electron chi connectivity index (χ4n) is 9.64. The quantitative estimate of drug-likeness (QED) is 0.0130. The number of thiazole rings is 1. The summed E-state index contributed by atoms with van der Waals surface area (Å²) in [6.45, 7) is 8.30. The topological polar surface area (TPSA) is 434 Å². The number of allylic oxidation sites excluding steroid dienone is 1.